The number of aromatic nitrogens is 2. The van der Waals surface area contributed by atoms with E-state index < -0.39 is 17.7 Å². The Labute approximate surface area is 178 Å². The predicted octanol–water partition coefficient (Wildman–Crippen LogP) is 4.15. The van der Waals surface area contributed by atoms with Gasteiger partial charge in [-0.15, -0.1) is 0 Å². The van der Waals surface area contributed by atoms with Gasteiger partial charge < -0.3 is 20.1 Å². The molecule has 1 heterocycles. The Hall–Kier alpha value is -3.61. The van der Waals surface area contributed by atoms with Crippen molar-refractivity contribution in [3.63, 3.8) is 0 Å². The summed E-state index contributed by atoms with van der Waals surface area (Å²) in [5.41, 5.74) is -0.193. The lowest BCUT2D eigenvalue weighted by Gasteiger charge is -2.13. The van der Waals surface area contributed by atoms with E-state index >= 15 is 0 Å². The molecule has 3 aromatic rings. The van der Waals surface area contributed by atoms with Crippen molar-refractivity contribution in [2.75, 3.05) is 0 Å². The van der Waals surface area contributed by atoms with Crippen molar-refractivity contribution in [2.24, 2.45) is 0 Å². The average molecular weight is 449 g/mol. The third kappa shape index (κ3) is 4.51. The molecule has 0 unspecified atom stereocenters. The molecule has 0 saturated carbocycles. The molecule has 1 amide bonds. The molecule has 11 heteroatoms. The molecule has 0 fully saturated rings. The first-order chi connectivity index (χ1) is 14.3. The summed E-state index contributed by atoms with van der Waals surface area (Å²) in [6.45, 7) is -0.222. The van der Waals surface area contributed by atoms with Gasteiger partial charge in [-0.25, -0.2) is 14.2 Å². The van der Waals surface area contributed by atoms with Crippen LogP contribution in [0.15, 0.2) is 36.7 Å². The van der Waals surface area contributed by atoms with Gasteiger partial charge in [-0.05, 0) is 24.3 Å². The number of nitrogens with zero attached hydrogens (tertiary/aromatic N) is 2. The molecule has 0 spiro atoms. The van der Waals surface area contributed by atoms with E-state index in [1.54, 1.807) is 6.07 Å². The van der Waals surface area contributed by atoms with E-state index in [9.17, 15) is 14.0 Å². The highest BCUT2D eigenvalue weighted by Gasteiger charge is 2.18. The number of ether oxygens (including phenoxy) is 1. The number of aromatic amines is 1. The Morgan fingerprint density at radius 2 is 2.07 bits per heavy atom. The molecule has 8 nitrogen and oxygen atoms in total. The summed E-state index contributed by atoms with van der Waals surface area (Å²) in [6, 6.07) is 8.04. The summed E-state index contributed by atoms with van der Waals surface area (Å²) in [6.07, 6.45) is 1.24. The Kier molecular flexibility index (Phi) is 6.20. The lowest BCUT2D eigenvalue weighted by Crippen LogP contribution is -2.24. The minimum Gasteiger partial charge on any atom is -0.478 e. The maximum absolute atomic E-state index is 14.9. The van der Waals surface area contributed by atoms with Crippen molar-refractivity contribution in [1.82, 2.24) is 15.3 Å². The van der Waals surface area contributed by atoms with Crippen molar-refractivity contribution in [2.45, 2.75) is 6.54 Å². The first-order valence-electron chi connectivity index (χ1n) is 8.20. The first kappa shape index (κ1) is 21.1. The summed E-state index contributed by atoms with van der Waals surface area (Å²) in [5, 5.41) is 20.6. The molecule has 0 aliphatic carbocycles. The fourth-order valence-electron chi connectivity index (χ4n) is 2.46. The first-order valence-corrected chi connectivity index (χ1v) is 8.96. The van der Waals surface area contributed by atoms with Crippen LogP contribution < -0.4 is 10.1 Å². The highest BCUT2D eigenvalue weighted by molar-refractivity contribution is 6.32. The number of carbonyl (C=O) groups is 2. The standard InChI is InChI=1S/C19H11Cl2FN4O4/c20-13-2-1-10(7-24-18(27)15-17(21)26-8-25-15)14(22)16(13)30-12-4-9(6-23)3-11(5-12)19(28)29/h1-5,8H,7H2,(H,24,27)(H,25,26)(H,28,29). The fraction of sp³-hybridized carbons (Fsp3) is 0.0526. The molecule has 3 N–H and O–H groups in total. The maximum atomic E-state index is 14.9. The largest absolute Gasteiger partial charge is 0.478 e. The Morgan fingerprint density at radius 3 is 2.70 bits per heavy atom. The topological polar surface area (TPSA) is 128 Å². The number of amides is 1. The zero-order chi connectivity index (χ0) is 21.8. The second-order valence-corrected chi connectivity index (χ2v) is 6.65. The van der Waals surface area contributed by atoms with E-state index in [0.29, 0.717) is 0 Å². The lowest BCUT2D eigenvalue weighted by atomic mass is 10.1. The summed E-state index contributed by atoms with van der Waals surface area (Å²) in [7, 11) is 0. The molecule has 0 atom stereocenters. The van der Waals surface area contributed by atoms with Crippen LogP contribution in [0, 0.1) is 17.1 Å². The quantitative estimate of drug-likeness (QED) is 0.519. The van der Waals surface area contributed by atoms with Crippen LogP contribution in [0.2, 0.25) is 10.2 Å². The second-order valence-electron chi connectivity index (χ2n) is 5.86. The summed E-state index contributed by atoms with van der Waals surface area (Å²) in [5.74, 6) is -3.23. The molecule has 2 aromatic carbocycles. The van der Waals surface area contributed by atoms with Gasteiger partial charge in [0.15, 0.2) is 17.3 Å². The monoisotopic (exact) mass is 448 g/mol. The number of carboxylic acid groups (broad SMARTS) is 1. The normalized spacial score (nSPS) is 10.3. The lowest BCUT2D eigenvalue weighted by molar-refractivity contribution is 0.0696. The van der Waals surface area contributed by atoms with E-state index in [1.165, 1.54) is 24.5 Å². The smallest absolute Gasteiger partial charge is 0.335 e. The number of carbonyl (C=O) groups excluding carboxylic acids is 1. The SMILES string of the molecule is N#Cc1cc(Oc2c(Cl)ccc(CNC(=O)c3nc[nH]c3Cl)c2F)cc(C(=O)O)c1. The van der Waals surface area contributed by atoms with Crippen LogP contribution in [0.1, 0.15) is 32.0 Å². The van der Waals surface area contributed by atoms with Crippen LogP contribution in [0.25, 0.3) is 0 Å². The van der Waals surface area contributed by atoms with Gasteiger partial charge in [0.1, 0.15) is 10.9 Å². The summed E-state index contributed by atoms with van der Waals surface area (Å²) >= 11 is 11.8. The number of hydrogen-bond acceptors (Lipinski definition) is 5. The van der Waals surface area contributed by atoms with Crippen LogP contribution in [-0.4, -0.2) is 27.0 Å². The van der Waals surface area contributed by atoms with E-state index in [2.05, 4.69) is 15.3 Å². The fourth-order valence-corrected chi connectivity index (χ4v) is 2.83. The van der Waals surface area contributed by atoms with Gasteiger partial charge in [0.05, 0.1) is 28.5 Å². The molecular formula is C19H11Cl2FN4O4. The van der Waals surface area contributed by atoms with E-state index in [1.807, 2.05) is 0 Å². The van der Waals surface area contributed by atoms with Crippen LogP contribution >= 0.6 is 23.2 Å². The van der Waals surface area contributed by atoms with Gasteiger partial charge >= 0.3 is 5.97 Å². The van der Waals surface area contributed by atoms with Crippen molar-refractivity contribution < 1.29 is 23.8 Å². The molecule has 3 rings (SSSR count). The van der Waals surface area contributed by atoms with Gasteiger partial charge in [-0.1, -0.05) is 29.3 Å². The number of rotatable bonds is 6. The Bertz CT molecular complexity index is 1190. The predicted molar refractivity (Wildman–Crippen MR) is 104 cm³/mol. The van der Waals surface area contributed by atoms with Gasteiger partial charge in [0.25, 0.3) is 5.91 Å². The maximum Gasteiger partial charge on any atom is 0.335 e. The van der Waals surface area contributed by atoms with Gasteiger partial charge in [0.2, 0.25) is 0 Å². The highest BCUT2D eigenvalue weighted by Crippen LogP contribution is 2.34. The van der Waals surface area contributed by atoms with Crippen LogP contribution in [-0.2, 0) is 6.54 Å². The van der Waals surface area contributed by atoms with Crippen molar-refractivity contribution >= 4 is 35.1 Å². The van der Waals surface area contributed by atoms with Crippen molar-refractivity contribution in [3.05, 3.63) is 75.0 Å². The number of hydrogen-bond donors (Lipinski definition) is 3. The van der Waals surface area contributed by atoms with Crippen molar-refractivity contribution in [1.29, 1.82) is 5.26 Å². The third-order valence-corrected chi connectivity index (χ3v) is 4.46. The van der Waals surface area contributed by atoms with Crippen LogP contribution in [0.3, 0.4) is 0 Å². The molecule has 0 radical (unpaired) electrons. The minimum absolute atomic E-state index is 0.0146. The molecule has 0 bridgehead atoms. The Morgan fingerprint density at radius 1 is 1.30 bits per heavy atom. The molecule has 0 aliphatic rings. The molecular weight excluding hydrogens is 438 g/mol. The Balaban J connectivity index is 1.86. The van der Waals surface area contributed by atoms with E-state index in [4.69, 9.17) is 38.3 Å². The number of aromatic carboxylic acids is 1. The molecule has 1 aromatic heterocycles. The molecule has 0 saturated heterocycles. The number of H-pyrrole nitrogens is 1. The molecule has 152 valence electrons. The van der Waals surface area contributed by atoms with Gasteiger partial charge in [-0.3, -0.25) is 4.79 Å². The number of carboxylic acids is 1. The van der Waals surface area contributed by atoms with E-state index in [0.717, 1.165) is 12.1 Å². The van der Waals surface area contributed by atoms with Gasteiger partial charge in [-0.2, -0.15) is 5.26 Å². The zero-order valence-electron chi connectivity index (χ0n) is 14.9. The molecule has 30 heavy (non-hydrogen) atoms. The van der Waals surface area contributed by atoms with Gasteiger partial charge in [0, 0.05) is 12.1 Å². The van der Waals surface area contributed by atoms with Crippen LogP contribution in [0.5, 0.6) is 11.5 Å². The number of benzene rings is 2. The van der Waals surface area contributed by atoms with Crippen LogP contribution in [0.4, 0.5) is 4.39 Å². The highest BCUT2D eigenvalue weighted by atomic mass is 35.5. The van der Waals surface area contributed by atoms with E-state index in [-0.39, 0.29) is 50.6 Å². The molecule has 0 aliphatic heterocycles. The number of halogens is 3. The minimum atomic E-state index is -1.28. The summed E-state index contributed by atoms with van der Waals surface area (Å²) < 4.78 is 20.4. The average Bonchev–Trinajstić information content (AvgIpc) is 3.16. The number of nitriles is 1. The summed E-state index contributed by atoms with van der Waals surface area (Å²) in [4.78, 5) is 29.6. The number of imidazole rings is 1. The van der Waals surface area contributed by atoms with Crippen molar-refractivity contribution in [3.8, 4) is 17.6 Å². The second kappa shape index (κ2) is 8.82. The zero-order valence-corrected chi connectivity index (χ0v) is 16.4. The third-order valence-electron chi connectivity index (χ3n) is 3.88. The number of nitrogens with one attached hydrogen (secondary N) is 2.